The molecule has 0 saturated carbocycles. The first-order valence-electron chi connectivity index (χ1n) is 23.7. The molecule has 0 atom stereocenters. The Morgan fingerprint density at radius 3 is 1.17 bits per heavy atom. The molecule has 0 saturated heterocycles. The number of urea groups is 5. The maximum Gasteiger partial charge on any atom is 0.336 e. The summed E-state index contributed by atoms with van der Waals surface area (Å²) in [4.78, 5) is 117. The van der Waals surface area contributed by atoms with Crippen LogP contribution in [-0.2, 0) is 29.2 Å². The highest BCUT2D eigenvalue weighted by molar-refractivity contribution is 5.93. The number of primary amides is 3. The number of amides is 11. The SMILES string of the molecule is COCN(CCCCCCNC(N)=O)C(=O)N(CCCCCCn1c(=O)n(CCCCCCNC(C)=O)c(=O)n(CCCCCCNC(N)=O)c1=O)C(=O)N(C)CCCCCCNC(N)=O. The number of nitrogens with two attached hydrogens (primary N) is 3. The minimum Gasteiger partial charge on any atom is -0.364 e. The van der Waals surface area contributed by atoms with E-state index in [2.05, 4.69) is 21.3 Å². The molecule has 1 aromatic heterocycles. The molecule has 0 aliphatic rings. The van der Waals surface area contributed by atoms with Crippen LogP contribution < -0.4 is 55.5 Å². The molecule has 0 spiro atoms. The van der Waals surface area contributed by atoms with Crippen LogP contribution in [-0.4, -0.2) is 131 Å². The number of nitrogens with one attached hydrogen (secondary N) is 4. The van der Waals surface area contributed by atoms with Gasteiger partial charge in [0.1, 0.15) is 6.73 Å². The number of ether oxygens (including phenoxy) is 1. The monoisotopic (exact) mass is 940 g/mol. The lowest BCUT2D eigenvalue weighted by atomic mass is 10.1. The number of imide groups is 1. The van der Waals surface area contributed by atoms with E-state index in [-0.39, 0.29) is 38.8 Å². The molecule has 0 aliphatic heterocycles. The van der Waals surface area contributed by atoms with Gasteiger partial charge in [0.05, 0.1) is 0 Å². The highest BCUT2D eigenvalue weighted by Crippen LogP contribution is 2.12. The van der Waals surface area contributed by atoms with Crippen LogP contribution in [0.5, 0.6) is 0 Å². The van der Waals surface area contributed by atoms with E-state index in [0.29, 0.717) is 103 Å². The average molecular weight is 940 g/mol. The Morgan fingerprint density at radius 2 is 0.803 bits per heavy atom. The molecule has 66 heavy (non-hydrogen) atoms. The van der Waals surface area contributed by atoms with E-state index in [1.54, 1.807) is 7.05 Å². The van der Waals surface area contributed by atoms with Crippen LogP contribution >= 0.6 is 0 Å². The third kappa shape index (κ3) is 25.8. The van der Waals surface area contributed by atoms with Gasteiger partial charge < -0.3 is 53.0 Å². The molecular formula is C43H81N13O10. The Kier molecular flexibility index (Phi) is 31.5. The van der Waals surface area contributed by atoms with Crippen LogP contribution in [0.1, 0.15) is 135 Å². The third-order valence-corrected chi connectivity index (χ3v) is 10.9. The van der Waals surface area contributed by atoms with Crippen molar-refractivity contribution in [2.24, 2.45) is 17.2 Å². The molecule has 10 N–H and O–H groups in total. The fraction of sp³-hybridized carbons (Fsp3) is 0.791. The molecule has 378 valence electrons. The average Bonchev–Trinajstić information content (AvgIpc) is 3.26. The molecule has 0 aliphatic carbocycles. The standard InChI is InChI=1S/C43H81N13O10/c1-35(57)47-24-14-6-10-20-31-54-41(63)55(32-21-11-7-17-27-50-38(46)60)43(65)56(42(54)64)33-23-13-12-22-30-53(39(61)51(2)28-18-8-4-15-25-48-36(44)58)40(62)52(34-66-3)29-19-9-5-16-26-49-37(45)59/h4-34H2,1-3H3,(H,47,57)(H3,44,48,58)(H3,45,49,59)(H3,46,50,60). The number of carbonyl (C=O) groups is 6. The van der Waals surface area contributed by atoms with E-state index in [4.69, 9.17) is 21.9 Å². The van der Waals surface area contributed by atoms with Gasteiger partial charge in [-0.15, -0.1) is 0 Å². The molecule has 0 fully saturated rings. The molecule has 0 bridgehead atoms. The van der Waals surface area contributed by atoms with E-state index in [0.717, 1.165) is 77.9 Å². The van der Waals surface area contributed by atoms with Crippen molar-refractivity contribution < 1.29 is 33.5 Å². The zero-order chi connectivity index (χ0) is 49.1. The first kappa shape index (κ1) is 58.4. The lowest BCUT2D eigenvalue weighted by Gasteiger charge is -2.32. The number of methoxy groups -OCH3 is 1. The second-order valence-corrected chi connectivity index (χ2v) is 16.5. The minimum atomic E-state index is -0.666. The highest BCUT2D eigenvalue weighted by Gasteiger charge is 2.28. The summed E-state index contributed by atoms with van der Waals surface area (Å²) in [6.07, 6.45) is 13.5. The van der Waals surface area contributed by atoms with Gasteiger partial charge in [0.15, 0.2) is 0 Å². The minimum absolute atomic E-state index is 0.0175. The summed E-state index contributed by atoms with van der Waals surface area (Å²) in [5.74, 6) is -0.104. The van der Waals surface area contributed by atoms with Gasteiger partial charge in [0.25, 0.3) is 0 Å². The lowest BCUT2D eigenvalue weighted by molar-refractivity contribution is -0.118. The predicted octanol–water partition coefficient (Wildman–Crippen LogP) is 2.49. The summed E-state index contributed by atoms with van der Waals surface area (Å²) in [6, 6.07) is -2.68. The van der Waals surface area contributed by atoms with Crippen LogP contribution in [0.4, 0.5) is 24.0 Å². The van der Waals surface area contributed by atoms with Gasteiger partial charge in [-0.05, 0) is 64.2 Å². The van der Waals surface area contributed by atoms with Crippen molar-refractivity contribution in [1.82, 2.24) is 49.7 Å². The van der Waals surface area contributed by atoms with E-state index in [1.807, 2.05) is 0 Å². The first-order chi connectivity index (χ1) is 31.6. The van der Waals surface area contributed by atoms with Gasteiger partial charge in [-0.1, -0.05) is 64.2 Å². The number of aromatic nitrogens is 3. The van der Waals surface area contributed by atoms with Crippen LogP contribution in [0, 0.1) is 0 Å². The van der Waals surface area contributed by atoms with Crippen molar-refractivity contribution in [1.29, 1.82) is 0 Å². The lowest BCUT2D eigenvalue weighted by Crippen LogP contribution is -2.54. The van der Waals surface area contributed by atoms with Crippen LogP contribution in [0.3, 0.4) is 0 Å². The van der Waals surface area contributed by atoms with Gasteiger partial charge in [-0.25, -0.2) is 57.0 Å². The number of nitrogens with zero attached hydrogens (tertiary/aromatic N) is 6. The van der Waals surface area contributed by atoms with Crippen molar-refractivity contribution in [3.8, 4) is 0 Å². The molecule has 1 aromatic rings. The molecule has 0 radical (unpaired) electrons. The van der Waals surface area contributed by atoms with E-state index in [1.165, 1.54) is 28.7 Å². The molecule has 1 rings (SSSR count). The van der Waals surface area contributed by atoms with Gasteiger partial charge in [0.2, 0.25) is 5.91 Å². The Labute approximate surface area is 388 Å². The number of hydrogen-bond donors (Lipinski definition) is 7. The quantitative estimate of drug-likeness (QED) is 0.0378. The molecular weight excluding hydrogens is 859 g/mol. The Balaban J connectivity index is 3.06. The van der Waals surface area contributed by atoms with Crippen LogP contribution in [0.15, 0.2) is 14.4 Å². The molecule has 0 aromatic carbocycles. The van der Waals surface area contributed by atoms with Gasteiger partial charge >= 0.3 is 47.2 Å². The maximum absolute atomic E-state index is 14.0. The van der Waals surface area contributed by atoms with Crippen molar-refractivity contribution >= 4 is 36.1 Å². The van der Waals surface area contributed by atoms with Crippen molar-refractivity contribution in [3.05, 3.63) is 31.5 Å². The Bertz CT molecular complexity index is 1720. The molecule has 0 unspecified atom stereocenters. The second kappa shape index (κ2) is 35.6. The summed E-state index contributed by atoms with van der Waals surface area (Å²) in [5.41, 5.74) is 13.4. The zero-order valence-corrected chi connectivity index (χ0v) is 39.9. The van der Waals surface area contributed by atoms with Gasteiger partial charge in [0, 0.05) is 86.5 Å². The molecule has 23 heteroatoms. The first-order valence-corrected chi connectivity index (χ1v) is 23.7. The Morgan fingerprint density at radius 1 is 0.470 bits per heavy atom. The summed E-state index contributed by atoms with van der Waals surface area (Å²) in [5, 5.41) is 10.4. The van der Waals surface area contributed by atoms with Crippen LogP contribution in [0.2, 0.25) is 0 Å². The zero-order valence-electron chi connectivity index (χ0n) is 39.9. The molecule has 11 amide bonds. The van der Waals surface area contributed by atoms with Gasteiger partial charge in [-0.3, -0.25) is 4.79 Å². The summed E-state index contributed by atoms with van der Waals surface area (Å²) in [6.45, 7) is 4.58. The molecule has 1 heterocycles. The summed E-state index contributed by atoms with van der Waals surface area (Å²) >= 11 is 0. The van der Waals surface area contributed by atoms with Crippen molar-refractivity contribution in [2.45, 2.75) is 155 Å². The number of rotatable bonds is 37. The van der Waals surface area contributed by atoms with Crippen molar-refractivity contribution in [2.75, 3.05) is 66.7 Å². The van der Waals surface area contributed by atoms with E-state index >= 15 is 0 Å². The van der Waals surface area contributed by atoms with E-state index < -0.39 is 47.2 Å². The van der Waals surface area contributed by atoms with Gasteiger partial charge in [-0.2, -0.15) is 0 Å². The second-order valence-electron chi connectivity index (χ2n) is 16.5. The topological polar surface area (TPSA) is 314 Å². The number of hydrogen-bond acceptors (Lipinski definition) is 10. The maximum atomic E-state index is 14.0. The van der Waals surface area contributed by atoms with Crippen molar-refractivity contribution in [3.63, 3.8) is 0 Å². The fourth-order valence-electron chi connectivity index (χ4n) is 7.27. The molecule has 23 nitrogen and oxygen atoms in total. The normalized spacial score (nSPS) is 10.9. The number of carbonyl (C=O) groups excluding carboxylic acids is 6. The van der Waals surface area contributed by atoms with Crippen LogP contribution in [0.25, 0.3) is 0 Å². The summed E-state index contributed by atoms with van der Waals surface area (Å²) in [7, 11) is 3.13. The third-order valence-electron chi connectivity index (χ3n) is 10.9. The smallest absolute Gasteiger partial charge is 0.336 e. The Hall–Kier alpha value is -5.61. The van der Waals surface area contributed by atoms with E-state index in [9.17, 15) is 43.2 Å². The summed E-state index contributed by atoms with van der Waals surface area (Å²) < 4.78 is 8.73. The highest BCUT2D eigenvalue weighted by atomic mass is 16.5. The fourth-order valence-corrected chi connectivity index (χ4v) is 7.27. The predicted molar refractivity (Wildman–Crippen MR) is 252 cm³/mol. The largest absolute Gasteiger partial charge is 0.364 e. The number of unbranched alkanes of at least 4 members (excludes halogenated alkanes) is 15.